The number of hydrogen-bond acceptors (Lipinski definition) is 2. The molecule has 0 amide bonds. The van der Waals surface area contributed by atoms with Crippen LogP contribution in [0.5, 0.6) is 5.75 Å². The minimum absolute atomic E-state index is 0.00547. The van der Waals surface area contributed by atoms with Crippen molar-refractivity contribution in [1.29, 1.82) is 0 Å². The van der Waals surface area contributed by atoms with Crippen molar-refractivity contribution in [3.63, 3.8) is 0 Å². The van der Waals surface area contributed by atoms with E-state index in [9.17, 15) is 4.79 Å². The van der Waals surface area contributed by atoms with Gasteiger partial charge in [0, 0.05) is 5.56 Å². The third-order valence-corrected chi connectivity index (χ3v) is 3.09. The van der Waals surface area contributed by atoms with Crippen molar-refractivity contribution in [2.24, 2.45) is 0 Å². The fourth-order valence-electron chi connectivity index (χ4n) is 1.90. The van der Waals surface area contributed by atoms with Crippen molar-refractivity contribution in [3.8, 4) is 5.75 Å². The molecule has 2 aromatic rings. The molecule has 2 aromatic carbocycles. The maximum absolute atomic E-state index is 12.0. The van der Waals surface area contributed by atoms with Crippen LogP contribution >= 0.6 is 0 Å². The first-order valence-corrected chi connectivity index (χ1v) is 6.51. The fraction of sp³-hybridized carbons (Fsp3) is 0.235. The van der Waals surface area contributed by atoms with Gasteiger partial charge in [-0.05, 0) is 25.0 Å². The molecule has 0 saturated heterocycles. The Kier molecular flexibility index (Phi) is 4.35. The van der Waals surface area contributed by atoms with Gasteiger partial charge in [-0.15, -0.1) is 0 Å². The summed E-state index contributed by atoms with van der Waals surface area (Å²) >= 11 is 0. The Hall–Kier alpha value is -2.09. The van der Waals surface area contributed by atoms with Crippen LogP contribution in [0.2, 0.25) is 0 Å². The number of ether oxygens (including phenoxy) is 1. The lowest BCUT2D eigenvalue weighted by molar-refractivity contribution is 0.0921. The molecule has 2 rings (SSSR count). The number of rotatable bonds is 5. The number of para-hydroxylation sites is 1. The first-order chi connectivity index (χ1) is 9.20. The number of benzene rings is 2. The van der Waals surface area contributed by atoms with E-state index >= 15 is 0 Å². The minimum atomic E-state index is 0.00547. The van der Waals surface area contributed by atoms with Gasteiger partial charge in [0.1, 0.15) is 5.75 Å². The van der Waals surface area contributed by atoms with Crippen molar-refractivity contribution in [2.45, 2.75) is 20.3 Å². The topological polar surface area (TPSA) is 26.3 Å². The van der Waals surface area contributed by atoms with Crippen molar-refractivity contribution >= 4 is 5.78 Å². The summed E-state index contributed by atoms with van der Waals surface area (Å²) in [5.74, 6) is 0.802. The van der Waals surface area contributed by atoms with Crippen LogP contribution in [0.25, 0.3) is 0 Å². The normalized spacial score (nSPS) is 10.2. The maximum atomic E-state index is 12.0. The highest BCUT2D eigenvalue weighted by molar-refractivity contribution is 5.97. The van der Waals surface area contributed by atoms with Gasteiger partial charge < -0.3 is 4.74 Å². The van der Waals surface area contributed by atoms with Gasteiger partial charge in [0.25, 0.3) is 0 Å². The van der Waals surface area contributed by atoms with Crippen LogP contribution in [0.1, 0.15) is 28.4 Å². The zero-order chi connectivity index (χ0) is 13.7. The summed E-state index contributed by atoms with van der Waals surface area (Å²) in [5, 5.41) is 0. The quantitative estimate of drug-likeness (QED) is 0.758. The van der Waals surface area contributed by atoms with Gasteiger partial charge in [-0.25, -0.2) is 0 Å². The lowest BCUT2D eigenvalue weighted by Gasteiger charge is -2.09. The molecule has 2 heteroatoms. The molecule has 0 heterocycles. The van der Waals surface area contributed by atoms with Crippen LogP contribution in [0.15, 0.2) is 48.5 Å². The van der Waals surface area contributed by atoms with Crippen molar-refractivity contribution < 1.29 is 9.53 Å². The van der Waals surface area contributed by atoms with Crippen LogP contribution in [0, 0.1) is 6.92 Å². The standard InChI is InChI=1S/C17H18O2/c1-3-14-6-4-5-7-17(14)19-12-16(18)15-10-8-13(2)9-11-15/h4-11H,3,12H2,1-2H3. The van der Waals surface area contributed by atoms with Crippen molar-refractivity contribution in [2.75, 3.05) is 6.61 Å². The second-order valence-corrected chi connectivity index (χ2v) is 4.54. The summed E-state index contributed by atoms with van der Waals surface area (Å²) in [6.45, 7) is 4.16. The third kappa shape index (κ3) is 3.44. The van der Waals surface area contributed by atoms with Gasteiger partial charge >= 0.3 is 0 Å². The average molecular weight is 254 g/mol. The molecule has 0 spiro atoms. The van der Waals surface area contributed by atoms with E-state index in [2.05, 4.69) is 6.92 Å². The van der Waals surface area contributed by atoms with E-state index in [-0.39, 0.29) is 12.4 Å². The number of aryl methyl sites for hydroxylation is 2. The van der Waals surface area contributed by atoms with Gasteiger partial charge in [-0.1, -0.05) is 55.0 Å². The molecule has 0 radical (unpaired) electrons. The Morgan fingerprint density at radius 2 is 1.74 bits per heavy atom. The molecule has 19 heavy (non-hydrogen) atoms. The summed E-state index contributed by atoms with van der Waals surface area (Å²) in [4.78, 5) is 12.0. The number of Topliss-reactive ketones (excluding diaryl/α,β-unsaturated/α-hetero) is 1. The van der Waals surface area contributed by atoms with Gasteiger partial charge in [0.2, 0.25) is 0 Å². The Morgan fingerprint density at radius 1 is 1.05 bits per heavy atom. The summed E-state index contributed by atoms with van der Waals surface area (Å²) in [5.41, 5.74) is 2.97. The van der Waals surface area contributed by atoms with E-state index in [0.29, 0.717) is 5.56 Å². The first kappa shape index (κ1) is 13.3. The lowest BCUT2D eigenvalue weighted by atomic mass is 10.1. The Balaban J connectivity index is 2.02. The zero-order valence-electron chi connectivity index (χ0n) is 11.3. The predicted octanol–water partition coefficient (Wildman–Crippen LogP) is 3.82. The van der Waals surface area contributed by atoms with Crippen LogP contribution in [0.4, 0.5) is 0 Å². The fourth-order valence-corrected chi connectivity index (χ4v) is 1.90. The first-order valence-electron chi connectivity index (χ1n) is 6.51. The Morgan fingerprint density at radius 3 is 2.42 bits per heavy atom. The van der Waals surface area contributed by atoms with Gasteiger partial charge in [-0.3, -0.25) is 4.79 Å². The van der Waals surface area contributed by atoms with E-state index in [1.807, 2.05) is 55.5 Å². The third-order valence-electron chi connectivity index (χ3n) is 3.09. The number of hydrogen-bond donors (Lipinski definition) is 0. The van der Waals surface area contributed by atoms with Crippen LogP contribution in [-0.2, 0) is 6.42 Å². The molecule has 0 saturated carbocycles. The van der Waals surface area contributed by atoms with Crippen LogP contribution < -0.4 is 4.74 Å². The highest BCUT2D eigenvalue weighted by atomic mass is 16.5. The van der Waals surface area contributed by atoms with Gasteiger partial charge in [-0.2, -0.15) is 0 Å². The molecule has 0 aliphatic heterocycles. The van der Waals surface area contributed by atoms with E-state index < -0.39 is 0 Å². The van der Waals surface area contributed by atoms with E-state index in [1.165, 1.54) is 0 Å². The highest BCUT2D eigenvalue weighted by Gasteiger charge is 2.08. The summed E-state index contributed by atoms with van der Waals surface area (Å²) < 4.78 is 5.62. The maximum Gasteiger partial charge on any atom is 0.200 e. The molecule has 0 fully saturated rings. The monoisotopic (exact) mass is 254 g/mol. The molecular formula is C17H18O2. The molecule has 0 aromatic heterocycles. The van der Waals surface area contributed by atoms with Gasteiger partial charge in [0.05, 0.1) is 0 Å². The molecule has 0 bridgehead atoms. The molecular weight excluding hydrogens is 236 g/mol. The number of carbonyl (C=O) groups excluding carboxylic acids is 1. The molecule has 0 aliphatic carbocycles. The van der Waals surface area contributed by atoms with E-state index in [1.54, 1.807) is 0 Å². The van der Waals surface area contributed by atoms with Gasteiger partial charge in [0.15, 0.2) is 12.4 Å². The van der Waals surface area contributed by atoms with Crippen molar-refractivity contribution in [3.05, 3.63) is 65.2 Å². The zero-order valence-corrected chi connectivity index (χ0v) is 11.3. The molecule has 0 unspecified atom stereocenters. The Bertz CT molecular complexity index is 556. The summed E-state index contributed by atoms with van der Waals surface area (Å²) in [7, 11) is 0. The second kappa shape index (κ2) is 6.19. The molecule has 0 aliphatic rings. The highest BCUT2D eigenvalue weighted by Crippen LogP contribution is 2.18. The number of ketones is 1. The summed E-state index contributed by atoms with van der Waals surface area (Å²) in [6.07, 6.45) is 0.898. The second-order valence-electron chi connectivity index (χ2n) is 4.54. The average Bonchev–Trinajstić information content (AvgIpc) is 2.45. The predicted molar refractivity (Wildman–Crippen MR) is 76.8 cm³/mol. The molecule has 2 nitrogen and oxygen atoms in total. The van der Waals surface area contributed by atoms with Crippen LogP contribution in [0.3, 0.4) is 0 Å². The van der Waals surface area contributed by atoms with E-state index in [4.69, 9.17) is 4.74 Å². The minimum Gasteiger partial charge on any atom is -0.485 e. The largest absolute Gasteiger partial charge is 0.485 e. The van der Waals surface area contributed by atoms with Crippen LogP contribution in [-0.4, -0.2) is 12.4 Å². The van der Waals surface area contributed by atoms with Crippen molar-refractivity contribution in [1.82, 2.24) is 0 Å². The number of carbonyl (C=O) groups is 1. The lowest BCUT2D eigenvalue weighted by Crippen LogP contribution is -2.12. The van der Waals surface area contributed by atoms with E-state index in [0.717, 1.165) is 23.3 Å². The Labute approximate surface area is 114 Å². The summed E-state index contributed by atoms with van der Waals surface area (Å²) in [6, 6.07) is 15.4. The smallest absolute Gasteiger partial charge is 0.200 e. The molecule has 0 N–H and O–H groups in total. The molecule has 0 atom stereocenters. The SMILES string of the molecule is CCc1ccccc1OCC(=O)c1ccc(C)cc1. The molecule has 98 valence electrons.